The molecule has 0 bridgehead atoms. The highest BCUT2D eigenvalue weighted by molar-refractivity contribution is 5.78. The van der Waals surface area contributed by atoms with E-state index in [1.807, 2.05) is 0 Å². The minimum absolute atomic E-state index is 0.245. The Morgan fingerprint density at radius 2 is 2.00 bits per heavy atom. The predicted octanol–water partition coefficient (Wildman–Crippen LogP) is 0.820. The van der Waals surface area contributed by atoms with Crippen LogP contribution in [0.2, 0.25) is 0 Å². The maximum atomic E-state index is 5.88. The van der Waals surface area contributed by atoms with Gasteiger partial charge in [-0.25, -0.2) is 0 Å². The number of nitrogens with zero attached hydrogens (tertiary/aromatic N) is 2. The lowest BCUT2D eigenvalue weighted by Crippen LogP contribution is -2.51. The molecule has 0 aromatic carbocycles. The molecule has 2 unspecified atom stereocenters. The Balaban J connectivity index is 2.50. The number of aliphatic imine (C=N–C) groups is 1. The molecule has 1 aliphatic rings. The van der Waals surface area contributed by atoms with Crippen LogP contribution in [0.1, 0.15) is 27.2 Å². The van der Waals surface area contributed by atoms with Gasteiger partial charge in [0.25, 0.3) is 0 Å². The largest absolute Gasteiger partial charge is 0.372 e. The van der Waals surface area contributed by atoms with Gasteiger partial charge in [0, 0.05) is 19.6 Å². The number of ether oxygens (including phenoxy) is 1. The Morgan fingerprint density at radius 1 is 1.43 bits per heavy atom. The summed E-state index contributed by atoms with van der Waals surface area (Å²) in [5.41, 5.74) is 5.88. The van der Waals surface area contributed by atoms with Crippen molar-refractivity contribution in [3.8, 4) is 0 Å². The lowest BCUT2D eigenvalue weighted by atomic mass is 10.2. The average Bonchev–Trinajstić information content (AvgIpc) is 2.12. The van der Waals surface area contributed by atoms with E-state index in [9.17, 15) is 0 Å². The first kappa shape index (κ1) is 11.3. The summed E-state index contributed by atoms with van der Waals surface area (Å²) >= 11 is 0. The number of nitrogens with two attached hydrogens (primary N) is 1. The topological polar surface area (TPSA) is 50.8 Å². The van der Waals surface area contributed by atoms with Crippen LogP contribution in [0.25, 0.3) is 0 Å². The molecule has 1 fully saturated rings. The van der Waals surface area contributed by atoms with Crippen molar-refractivity contribution in [1.29, 1.82) is 0 Å². The fourth-order valence-electron chi connectivity index (χ4n) is 1.69. The molecule has 0 radical (unpaired) electrons. The van der Waals surface area contributed by atoms with Gasteiger partial charge in [-0.1, -0.05) is 6.92 Å². The molecule has 1 rings (SSSR count). The van der Waals surface area contributed by atoms with E-state index in [1.165, 1.54) is 0 Å². The first-order valence-electron chi connectivity index (χ1n) is 5.33. The highest BCUT2D eigenvalue weighted by Gasteiger charge is 2.22. The molecule has 4 nitrogen and oxygen atoms in total. The van der Waals surface area contributed by atoms with Crippen LogP contribution >= 0.6 is 0 Å². The molecule has 1 heterocycles. The first-order chi connectivity index (χ1) is 6.63. The summed E-state index contributed by atoms with van der Waals surface area (Å²) in [4.78, 5) is 6.41. The third-order valence-electron chi connectivity index (χ3n) is 2.24. The Labute approximate surface area is 86.1 Å². The second-order valence-electron chi connectivity index (χ2n) is 3.90. The third-order valence-corrected chi connectivity index (χ3v) is 2.24. The molecule has 0 spiro atoms. The van der Waals surface area contributed by atoms with Gasteiger partial charge in [-0.05, 0) is 20.3 Å². The molecule has 1 aliphatic heterocycles. The molecule has 82 valence electrons. The molecule has 0 aliphatic carbocycles. The highest BCUT2D eigenvalue weighted by atomic mass is 16.5. The Kier molecular flexibility index (Phi) is 4.20. The third kappa shape index (κ3) is 3.18. The summed E-state index contributed by atoms with van der Waals surface area (Å²) in [7, 11) is 0. The van der Waals surface area contributed by atoms with Crippen molar-refractivity contribution < 1.29 is 4.74 Å². The molecule has 0 amide bonds. The van der Waals surface area contributed by atoms with E-state index in [0.717, 1.165) is 26.1 Å². The number of hydrogen-bond acceptors (Lipinski definition) is 2. The lowest BCUT2D eigenvalue weighted by molar-refractivity contribution is -0.0484. The molecule has 0 saturated carbocycles. The van der Waals surface area contributed by atoms with E-state index in [0.29, 0.717) is 5.96 Å². The maximum absolute atomic E-state index is 5.88. The van der Waals surface area contributed by atoms with Gasteiger partial charge in [-0.3, -0.25) is 4.99 Å². The van der Waals surface area contributed by atoms with Gasteiger partial charge in [-0.15, -0.1) is 0 Å². The van der Waals surface area contributed by atoms with E-state index in [1.54, 1.807) is 0 Å². The van der Waals surface area contributed by atoms with E-state index in [4.69, 9.17) is 10.5 Å². The molecule has 2 N–H and O–H groups in total. The van der Waals surface area contributed by atoms with Crippen molar-refractivity contribution >= 4 is 5.96 Å². The second-order valence-corrected chi connectivity index (χ2v) is 3.90. The SMILES string of the molecule is CCCN=C(N)N1CC(C)OC(C)C1. The molecule has 4 heteroatoms. The van der Waals surface area contributed by atoms with Crippen molar-refractivity contribution in [1.82, 2.24) is 4.90 Å². The van der Waals surface area contributed by atoms with E-state index < -0.39 is 0 Å². The van der Waals surface area contributed by atoms with Crippen molar-refractivity contribution in [2.24, 2.45) is 10.7 Å². The van der Waals surface area contributed by atoms with Gasteiger partial charge in [0.05, 0.1) is 12.2 Å². The zero-order valence-corrected chi connectivity index (χ0v) is 9.36. The summed E-state index contributed by atoms with van der Waals surface area (Å²) in [5, 5.41) is 0. The van der Waals surface area contributed by atoms with Gasteiger partial charge in [-0.2, -0.15) is 0 Å². The summed E-state index contributed by atoms with van der Waals surface area (Å²) in [6.07, 6.45) is 1.53. The minimum atomic E-state index is 0.245. The number of hydrogen-bond donors (Lipinski definition) is 1. The molecule has 0 aromatic rings. The monoisotopic (exact) mass is 199 g/mol. The van der Waals surface area contributed by atoms with Gasteiger partial charge >= 0.3 is 0 Å². The van der Waals surface area contributed by atoms with Crippen LogP contribution in [0.5, 0.6) is 0 Å². The van der Waals surface area contributed by atoms with E-state index >= 15 is 0 Å². The smallest absolute Gasteiger partial charge is 0.191 e. The van der Waals surface area contributed by atoms with Crippen LogP contribution in [-0.2, 0) is 4.74 Å². The molecular weight excluding hydrogens is 178 g/mol. The normalized spacial score (nSPS) is 29.4. The maximum Gasteiger partial charge on any atom is 0.191 e. The number of rotatable bonds is 2. The summed E-state index contributed by atoms with van der Waals surface area (Å²) < 4.78 is 5.62. The van der Waals surface area contributed by atoms with Crippen LogP contribution < -0.4 is 5.73 Å². The first-order valence-corrected chi connectivity index (χ1v) is 5.33. The van der Waals surface area contributed by atoms with Crippen LogP contribution in [0.15, 0.2) is 4.99 Å². The van der Waals surface area contributed by atoms with Crippen molar-refractivity contribution in [2.45, 2.75) is 39.4 Å². The molecule has 14 heavy (non-hydrogen) atoms. The van der Waals surface area contributed by atoms with E-state index in [-0.39, 0.29) is 12.2 Å². The van der Waals surface area contributed by atoms with E-state index in [2.05, 4.69) is 30.7 Å². The lowest BCUT2D eigenvalue weighted by Gasteiger charge is -2.35. The second kappa shape index (κ2) is 5.20. The molecule has 1 saturated heterocycles. The quantitative estimate of drug-likeness (QED) is 0.529. The molecular formula is C10H21N3O. The fourth-order valence-corrected chi connectivity index (χ4v) is 1.69. The zero-order chi connectivity index (χ0) is 10.6. The summed E-state index contributed by atoms with van der Waals surface area (Å²) in [6, 6.07) is 0. The Hall–Kier alpha value is -0.770. The van der Waals surface area contributed by atoms with Crippen LogP contribution in [-0.4, -0.2) is 42.7 Å². The predicted molar refractivity (Wildman–Crippen MR) is 58.4 cm³/mol. The highest BCUT2D eigenvalue weighted by Crippen LogP contribution is 2.09. The standard InChI is InChI=1S/C10H21N3O/c1-4-5-12-10(11)13-6-8(2)14-9(3)7-13/h8-9H,4-7H2,1-3H3,(H2,11,12). The van der Waals surface area contributed by atoms with Gasteiger partial charge in [0.15, 0.2) is 5.96 Å². The molecule has 2 atom stereocenters. The van der Waals surface area contributed by atoms with Crippen LogP contribution in [0.4, 0.5) is 0 Å². The number of guanidine groups is 1. The summed E-state index contributed by atoms with van der Waals surface area (Å²) in [6.45, 7) is 8.74. The zero-order valence-electron chi connectivity index (χ0n) is 9.36. The van der Waals surface area contributed by atoms with Crippen molar-refractivity contribution in [3.63, 3.8) is 0 Å². The van der Waals surface area contributed by atoms with Gasteiger partial charge in [0.1, 0.15) is 0 Å². The summed E-state index contributed by atoms with van der Waals surface area (Å²) in [5.74, 6) is 0.661. The Bertz CT molecular complexity index is 196. The van der Waals surface area contributed by atoms with Gasteiger partial charge in [0.2, 0.25) is 0 Å². The van der Waals surface area contributed by atoms with Gasteiger partial charge < -0.3 is 15.4 Å². The van der Waals surface area contributed by atoms with Crippen LogP contribution in [0, 0.1) is 0 Å². The average molecular weight is 199 g/mol. The molecule has 0 aromatic heterocycles. The van der Waals surface area contributed by atoms with Crippen molar-refractivity contribution in [3.05, 3.63) is 0 Å². The Morgan fingerprint density at radius 3 is 2.50 bits per heavy atom. The van der Waals surface area contributed by atoms with Crippen LogP contribution in [0.3, 0.4) is 0 Å². The number of morpholine rings is 1. The fraction of sp³-hybridized carbons (Fsp3) is 0.900. The minimum Gasteiger partial charge on any atom is -0.372 e. The van der Waals surface area contributed by atoms with Crippen molar-refractivity contribution in [2.75, 3.05) is 19.6 Å².